The Hall–Kier alpha value is -1.66. The molecule has 7 heteroatoms. The molecule has 1 aromatic carbocycles. The largest absolute Gasteiger partial charge is 0.573 e. The van der Waals surface area contributed by atoms with E-state index in [1.165, 1.54) is 0 Å². The van der Waals surface area contributed by atoms with Crippen LogP contribution in [0, 0.1) is 0 Å². The van der Waals surface area contributed by atoms with Gasteiger partial charge in [0.1, 0.15) is 5.75 Å². The van der Waals surface area contributed by atoms with Crippen molar-refractivity contribution >= 4 is 6.29 Å². The number of hydrogen-bond donors (Lipinski definition) is 0. The molecule has 0 fully saturated rings. The standard InChI is InChI=1S/C9H5F5O2/c10-8(11)5-2-1-3-7(6(5)4-15)16-9(12,13)14/h1-4,8H. The second kappa shape index (κ2) is 4.46. The summed E-state index contributed by atoms with van der Waals surface area (Å²) in [4.78, 5) is 10.5. The van der Waals surface area contributed by atoms with E-state index in [1.54, 1.807) is 0 Å². The monoisotopic (exact) mass is 240 g/mol. The lowest BCUT2D eigenvalue weighted by atomic mass is 10.1. The van der Waals surface area contributed by atoms with Crippen molar-refractivity contribution in [2.24, 2.45) is 0 Å². The maximum absolute atomic E-state index is 12.3. The molecule has 0 aliphatic rings. The number of hydrogen-bond acceptors (Lipinski definition) is 2. The summed E-state index contributed by atoms with van der Waals surface area (Å²) in [6.45, 7) is 0. The molecule has 0 aliphatic carbocycles. The first kappa shape index (κ1) is 12.4. The Bertz CT molecular complexity index is 386. The summed E-state index contributed by atoms with van der Waals surface area (Å²) in [6.07, 6.45) is -8.17. The molecule has 16 heavy (non-hydrogen) atoms. The lowest BCUT2D eigenvalue weighted by molar-refractivity contribution is -0.274. The first-order valence-corrected chi connectivity index (χ1v) is 3.97. The fourth-order valence-electron chi connectivity index (χ4n) is 1.09. The third-order valence-corrected chi connectivity index (χ3v) is 1.68. The molecule has 0 N–H and O–H groups in total. The van der Waals surface area contributed by atoms with E-state index in [1.807, 2.05) is 0 Å². The summed E-state index contributed by atoms with van der Waals surface area (Å²) in [5.41, 5.74) is -1.59. The van der Waals surface area contributed by atoms with Crippen LogP contribution in [0.3, 0.4) is 0 Å². The second-order valence-electron chi connectivity index (χ2n) is 2.73. The van der Waals surface area contributed by atoms with Gasteiger partial charge in [0.25, 0.3) is 6.43 Å². The van der Waals surface area contributed by atoms with E-state index in [0.29, 0.717) is 0 Å². The number of benzene rings is 1. The SMILES string of the molecule is O=Cc1c(OC(F)(F)F)cccc1C(F)F. The molecule has 0 radical (unpaired) electrons. The number of ether oxygens (including phenoxy) is 1. The quantitative estimate of drug-likeness (QED) is 0.598. The minimum atomic E-state index is -5.03. The first-order valence-electron chi connectivity index (χ1n) is 3.97. The van der Waals surface area contributed by atoms with Gasteiger partial charge in [-0.3, -0.25) is 4.79 Å². The van der Waals surface area contributed by atoms with E-state index in [2.05, 4.69) is 4.74 Å². The van der Waals surface area contributed by atoms with E-state index in [-0.39, 0.29) is 6.29 Å². The van der Waals surface area contributed by atoms with Gasteiger partial charge in [0.15, 0.2) is 6.29 Å². The molecule has 0 heterocycles. The lowest BCUT2D eigenvalue weighted by Gasteiger charge is -2.12. The fourth-order valence-corrected chi connectivity index (χ4v) is 1.09. The second-order valence-corrected chi connectivity index (χ2v) is 2.73. The molecule has 1 aromatic rings. The first-order chi connectivity index (χ1) is 7.35. The Morgan fingerprint density at radius 3 is 2.31 bits per heavy atom. The Labute approximate surface area is 86.6 Å². The van der Waals surface area contributed by atoms with E-state index >= 15 is 0 Å². The van der Waals surface area contributed by atoms with Crippen LogP contribution in [0.4, 0.5) is 22.0 Å². The summed E-state index contributed by atoms with van der Waals surface area (Å²) in [6, 6.07) is 2.61. The topological polar surface area (TPSA) is 26.3 Å². The van der Waals surface area contributed by atoms with Crippen molar-refractivity contribution in [3.63, 3.8) is 0 Å². The van der Waals surface area contributed by atoms with Crippen LogP contribution in [0.15, 0.2) is 18.2 Å². The van der Waals surface area contributed by atoms with Crippen LogP contribution in [-0.2, 0) is 0 Å². The van der Waals surface area contributed by atoms with Gasteiger partial charge in [-0.15, -0.1) is 13.2 Å². The van der Waals surface area contributed by atoms with Crippen molar-refractivity contribution in [3.05, 3.63) is 29.3 Å². The van der Waals surface area contributed by atoms with Crippen LogP contribution in [0.1, 0.15) is 22.3 Å². The van der Waals surface area contributed by atoms with Gasteiger partial charge < -0.3 is 4.74 Å². The summed E-state index contributed by atoms with van der Waals surface area (Å²) in [5, 5.41) is 0. The smallest absolute Gasteiger partial charge is 0.405 e. The molecule has 88 valence electrons. The number of carbonyl (C=O) groups is 1. The Morgan fingerprint density at radius 1 is 1.25 bits per heavy atom. The molecule has 0 saturated heterocycles. The number of aldehydes is 1. The highest BCUT2D eigenvalue weighted by Crippen LogP contribution is 2.31. The average molecular weight is 240 g/mol. The fraction of sp³-hybridized carbons (Fsp3) is 0.222. The normalized spacial score (nSPS) is 11.6. The minimum Gasteiger partial charge on any atom is -0.405 e. The van der Waals surface area contributed by atoms with E-state index in [9.17, 15) is 26.7 Å². The van der Waals surface area contributed by atoms with Crippen LogP contribution in [0.5, 0.6) is 5.75 Å². The van der Waals surface area contributed by atoms with Gasteiger partial charge in [-0.05, 0) is 6.07 Å². The van der Waals surface area contributed by atoms with Crippen LogP contribution < -0.4 is 4.74 Å². The number of carbonyl (C=O) groups excluding carboxylic acids is 1. The predicted octanol–water partition coefficient (Wildman–Crippen LogP) is 3.34. The van der Waals surface area contributed by atoms with Gasteiger partial charge in [-0.25, -0.2) is 8.78 Å². The highest BCUT2D eigenvalue weighted by molar-refractivity contribution is 5.81. The van der Waals surface area contributed by atoms with Crippen molar-refractivity contribution in [1.29, 1.82) is 0 Å². The van der Waals surface area contributed by atoms with Crippen LogP contribution in [-0.4, -0.2) is 12.6 Å². The van der Waals surface area contributed by atoms with Gasteiger partial charge in [-0.1, -0.05) is 12.1 Å². The van der Waals surface area contributed by atoms with E-state index in [4.69, 9.17) is 0 Å². The maximum Gasteiger partial charge on any atom is 0.573 e. The van der Waals surface area contributed by atoms with Gasteiger partial charge >= 0.3 is 6.36 Å². The summed E-state index contributed by atoms with van der Waals surface area (Å²) in [5.74, 6) is -0.930. The molecule has 1 rings (SSSR count). The molecule has 0 aliphatic heterocycles. The van der Waals surface area contributed by atoms with E-state index in [0.717, 1.165) is 18.2 Å². The Morgan fingerprint density at radius 2 is 1.88 bits per heavy atom. The number of halogens is 5. The lowest BCUT2D eigenvalue weighted by Crippen LogP contribution is -2.18. The van der Waals surface area contributed by atoms with Gasteiger partial charge in [0, 0.05) is 5.56 Å². The van der Waals surface area contributed by atoms with Crippen molar-refractivity contribution in [3.8, 4) is 5.75 Å². The average Bonchev–Trinajstić information content (AvgIpc) is 2.14. The zero-order chi connectivity index (χ0) is 12.3. The summed E-state index contributed by atoms with van der Waals surface area (Å²) < 4.78 is 63.7. The third kappa shape index (κ3) is 2.91. The van der Waals surface area contributed by atoms with Crippen LogP contribution >= 0.6 is 0 Å². The molecular formula is C9H5F5O2. The van der Waals surface area contributed by atoms with Crippen LogP contribution in [0.25, 0.3) is 0 Å². The molecule has 0 bridgehead atoms. The van der Waals surface area contributed by atoms with Gasteiger partial charge in [-0.2, -0.15) is 0 Å². The number of alkyl halides is 5. The molecule has 0 spiro atoms. The zero-order valence-electron chi connectivity index (χ0n) is 7.59. The van der Waals surface area contributed by atoms with Gasteiger partial charge in [0.05, 0.1) is 5.56 Å². The van der Waals surface area contributed by atoms with Crippen molar-refractivity contribution < 1.29 is 31.5 Å². The van der Waals surface area contributed by atoms with Crippen LogP contribution in [0.2, 0.25) is 0 Å². The molecule has 0 amide bonds. The zero-order valence-corrected chi connectivity index (χ0v) is 7.59. The molecule has 0 aromatic heterocycles. The molecule has 0 atom stereocenters. The van der Waals surface area contributed by atoms with Gasteiger partial charge in [0.2, 0.25) is 0 Å². The molecule has 0 saturated carbocycles. The molecule has 0 unspecified atom stereocenters. The number of rotatable bonds is 3. The minimum absolute atomic E-state index is 0.0947. The van der Waals surface area contributed by atoms with Crippen molar-refractivity contribution in [2.45, 2.75) is 12.8 Å². The molecule has 2 nitrogen and oxygen atoms in total. The summed E-state index contributed by atoms with van der Waals surface area (Å²) >= 11 is 0. The summed E-state index contributed by atoms with van der Waals surface area (Å²) in [7, 11) is 0. The highest BCUT2D eigenvalue weighted by Gasteiger charge is 2.33. The highest BCUT2D eigenvalue weighted by atomic mass is 19.4. The van der Waals surface area contributed by atoms with Crippen molar-refractivity contribution in [2.75, 3.05) is 0 Å². The predicted molar refractivity (Wildman–Crippen MR) is 43.5 cm³/mol. The Balaban J connectivity index is 3.19. The molecular weight excluding hydrogens is 235 g/mol. The third-order valence-electron chi connectivity index (χ3n) is 1.68. The van der Waals surface area contributed by atoms with E-state index < -0.39 is 29.7 Å². The van der Waals surface area contributed by atoms with Crippen molar-refractivity contribution in [1.82, 2.24) is 0 Å². The maximum atomic E-state index is 12.3. The Kier molecular flexibility index (Phi) is 3.46.